The van der Waals surface area contributed by atoms with Gasteiger partial charge in [0.1, 0.15) is 11.7 Å². The lowest BCUT2D eigenvalue weighted by molar-refractivity contribution is -0.112. The van der Waals surface area contributed by atoms with Gasteiger partial charge in [0.25, 0.3) is 0 Å². The van der Waals surface area contributed by atoms with Crippen LogP contribution in [0, 0.1) is 0 Å². The van der Waals surface area contributed by atoms with E-state index in [0.29, 0.717) is 11.4 Å². The number of carbonyl (C=O) groups is 2. The smallest absolute Gasteiger partial charge is 0.248 e. The van der Waals surface area contributed by atoms with Gasteiger partial charge in [-0.2, -0.15) is 0 Å². The quantitative estimate of drug-likeness (QED) is 0.208. The molecule has 3 aromatic carbocycles. The molecule has 0 aliphatic carbocycles. The minimum absolute atomic E-state index is 0.228. The molecule has 8 nitrogen and oxygen atoms in total. The lowest BCUT2D eigenvalue weighted by atomic mass is 10.1. The Morgan fingerprint density at radius 2 is 0.921 bits per heavy atom. The predicted molar refractivity (Wildman–Crippen MR) is 158 cm³/mol. The first-order valence-electron chi connectivity index (χ1n) is 12.0. The van der Waals surface area contributed by atoms with Gasteiger partial charge in [-0.05, 0) is 71.8 Å². The number of rotatable bonds is 8. The highest BCUT2D eigenvalue weighted by molar-refractivity contribution is 6.04. The Hall–Kier alpha value is -4.98. The number of carbonyl (C=O) groups excluding carboxylic acids is 2. The molecule has 0 aliphatic heterocycles. The molecule has 4 N–H and O–H groups in total. The van der Waals surface area contributed by atoms with Crippen LogP contribution in [0.4, 0.5) is 11.4 Å². The molecule has 2 amide bonds. The Balaban J connectivity index is 1.51. The Morgan fingerprint density at radius 3 is 1.21 bits per heavy atom. The minimum atomic E-state index is -0.228. The highest BCUT2D eigenvalue weighted by atomic mass is 16.2. The maximum Gasteiger partial charge on any atom is 0.248 e. The number of nitrogens with one attached hydrogen (secondary N) is 4. The summed E-state index contributed by atoms with van der Waals surface area (Å²) in [4.78, 5) is 32.9. The summed E-state index contributed by atoms with van der Waals surface area (Å²) in [5.74, 6) is 1.10. The van der Waals surface area contributed by atoms with E-state index in [1.54, 1.807) is 26.2 Å². The van der Waals surface area contributed by atoms with E-state index in [2.05, 4.69) is 31.3 Å². The zero-order chi connectivity index (χ0) is 27.3. The van der Waals surface area contributed by atoms with Crippen molar-refractivity contribution in [1.82, 2.24) is 10.6 Å². The molecule has 8 heteroatoms. The van der Waals surface area contributed by atoms with Gasteiger partial charge in [-0.1, -0.05) is 24.3 Å². The first kappa shape index (κ1) is 27.6. The molecule has 194 valence electrons. The first-order chi connectivity index (χ1) is 18.4. The third-order valence-electron chi connectivity index (χ3n) is 5.56. The fourth-order valence-electron chi connectivity index (χ4n) is 3.62. The topological polar surface area (TPSA) is 107 Å². The largest absolute Gasteiger partial charge is 0.373 e. The number of amides is 2. The van der Waals surface area contributed by atoms with E-state index in [-0.39, 0.29) is 11.8 Å². The van der Waals surface area contributed by atoms with Crippen molar-refractivity contribution < 1.29 is 9.59 Å². The van der Waals surface area contributed by atoms with Crippen LogP contribution in [0.3, 0.4) is 0 Å². The summed E-state index contributed by atoms with van der Waals surface area (Å²) < 4.78 is 0. The Morgan fingerprint density at radius 1 is 0.579 bits per heavy atom. The minimum Gasteiger partial charge on any atom is -0.373 e. The summed E-state index contributed by atoms with van der Waals surface area (Å²) in [5, 5.41) is 11.7. The van der Waals surface area contributed by atoms with Crippen LogP contribution >= 0.6 is 0 Å². The van der Waals surface area contributed by atoms with Crippen LogP contribution in [-0.2, 0) is 9.59 Å². The monoisotopic (exact) mass is 508 g/mol. The summed E-state index contributed by atoms with van der Waals surface area (Å²) in [6.45, 7) is 0. The molecule has 0 fully saturated rings. The van der Waals surface area contributed by atoms with Gasteiger partial charge < -0.3 is 21.3 Å². The lowest BCUT2D eigenvalue weighted by Gasteiger charge is -2.07. The van der Waals surface area contributed by atoms with Crippen molar-refractivity contribution in [3.8, 4) is 0 Å². The average Bonchev–Trinajstić information content (AvgIpc) is 2.94. The number of amidine groups is 2. The van der Waals surface area contributed by atoms with Gasteiger partial charge in [0.05, 0.1) is 0 Å². The summed E-state index contributed by atoms with van der Waals surface area (Å²) in [6.07, 6.45) is 6.43. The van der Waals surface area contributed by atoms with Gasteiger partial charge in [-0.3, -0.25) is 19.6 Å². The Labute approximate surface area is 223 Å². The fraction of sp³-hybridized carbons (Fsp3) is 0.133. The molecule has 0 aliphatic rings. The molecule has 0 saturated heterocycles. The predicted octanol–water partition coefficient (Wildman–Crippen LogP) is 4.18. The molecule has 0 heterocycles. The van der Waals surface area contributed by atoms with Crippen molar-refractivity contribution in [2.45, 2.75) is 0 Å². The van der Waals surface area contributed by atoms with Crippen molar-refractivity contribution in [3.63, 3.8) is 0 Å². The van der Waals surface area contributed by atoms with Crippen LogP contribution in [0.25, 0.3) is 12.2 Å². The maximum absolute atomic E-state index is 12.3. The van der Waals surface area contributed by atoms with Crippen molar-refractivity contribution in [1.29, 1.82) is 0 Å². The van der Waals surface area contributed by atoms with Crippen LogP contribution in [0.1, 0.15) is 22.3 Å². The zero-order valence-corrected chi connectivity index (χ0v) is 21.9. The number of hydrogen-bond acceptors (Lipinski definition) is 4. The van der Waals surface area contributed by atoms with Crippen molar-refractivity contribution >= 4 is 47.0 Å². The molecule has 3 aromatic rings. The molecule has 0 atom stereocenters. The van der Waals surface area contributed by atoms with E-state index in [0.717, 1.165) is 33.9 Å². The number of nitrogens with zero attached hydrogens (tertiary/aromatic N) is 2. The molecular weight excluding hydrogens is 476 g/mol. The van der Waals surface area contributed by atoms with Crippen LogP contribution in [0.2, 0.25) is 0 Å². The molecule has 0 saturated carbocycles. The van der Waals surface area contributed by atoms with Gasteiger partial charge >= 0.3 is 0 Å². The second kappa shape index (κ2) is 13.9. The standard InChI is InChI=1S/C30H32N6O2/c1-31-29(32-2)23-11-15-25(16-12-23)35-27(37)19-9-21-5-7-22(8-6-21)10-20-28(38)36-26-17-13-24(14-18-26)30(33-3)34-4/h5-20H,1-4H3,(H,31,32)(H,33,34)(H,35,37)(H,36,38)/b19-9-,20-10-. The van der Waals surface area contributed by atoms with E-state index in [1.807, 2.05) is 86.9 Å². The summed E-state index contributed by atoms with van der Waals surface area (Å²) in [6, 6.07) is 22.4. The van der Waals surface area contributed by atoms with Gasteiger partial charge in [0.15, 0.2) is 0 Å². The van der Waals surface area contributed by atoms with E-state index in [4.69, 9.17) is 0 Å². The molecule has 38 heavy (non-hydrogen) atoms. The van der Waals surface area contributed by atoms with E-state index < -0.39 is 0 Å². The number of aliphatic imine (C=N–C) groups is 2. The normalized spacial score (nSPS) is 12.0. The molecule has 0 radical (unpaired) electrons. The van der Waals surface area contributed by atoms with Crippen LogP contribution in [0.5, 0.6) is 0 Å². The Kier molecular flexibility index (Phi) is 10.1. The SMILES string of the molecule is CN=C(NC)c1ccc(NC(=O)/C=C\c2ccc(/C=C\C(=O)Nc3ccc(C(=NC)NC)cc3)cc2)cc1. The number of benzene rings is 3. The summed E-state index contributed by atoms with van der Waals surface area (Å²) >= 11 is 0. The van der Waals surface area contributed by atoms with Crippen molar-refractivity contribution in [2.75, 3.05) is 38.8 Å². The second-order valence-corrected chi connectivity index (χ2v) is 8.11. The van der Waals surface area contributed by atoms with Gasteiger partial charge in [-0.25, -0.2) is 0 Å². The average molecular weight is 509 g/mol. The third kappa shape index (κ3) is 8.03. The molecule has 0 aromatic heterocycles. The number of anilines is 2. The molecule has 3 rings (SSSR count). The molecule has 0 bridgehead atoms. The molecule has 0 spiro atoms. The number of hydrogen-bond donors (Lipinski definition) is 4. The fourth-order valence-corrected chi connectivity index (χ4v) is 3.62. The van der Waals surface area contributed by atoms with Crippen LogP contribution < -0.4 is 21.3 Å². The Bertz CT molecular complexity index is 1250. The van der Waals surface area contributed by atoms with E-state index in [9.17, 15) is 9.59 Å². The summed E-state index contributed by atoms with van der Waals surface area (Å²) in [7, 11) is 7.06. The molecule has 0 unspecified atom stereocenters. The highest BCUT2D eigenvalue weighted by Gasteiger charge is 2.03. The van der Waals surface area contributed by atoms with Crippen LogP contribution in [0.15, 0.2) is 94.9 Å². The van der Waals surface area contributed by atoms with Gasteiger partial charge in [0, 0.05) is 62.8 Å². The second-order valence-electron chi connectivity index (χ2n) is 8.11. The highest BCUT2D eigenvalue weighted by Crippen LogP contribution is 2.13. The van der Waals surface area contributed by atoms with Crippen molar-refractivity contribution in [3.05, 3.63) is 107 Å². The lowest BCUT2D eigenvalue weighted by Crippen LogP contribution is -2.19. The van der Waals surface area contributed by atoms with Gasteiger partial charge in [0.2, 0.25) is 11.8 Å². The van der Waals surface area contributed by atoms with E-state index >= 15 is 0 Å². The van der Waals surface area contributed by atoms with Crippen molar-refractivity contribution in [2.24, 2.45) is 9.98 Å². The van der Waals surface area contributed by atoms with Gasteiger partial charge in [-0.15, -0.1) is 0 Å². The van der Waals surface area contributed by atoms with E-state index in [1.165, 1.54) is 12.2 Å². The molecular formula is C30H32N6O2. The van der Waals surface area contributed by atoms with Crippen LogP contribution in [-0.4, -0.2) is 51.7 Å². The zero-order valence-electron chi connectivity index (χ0n) is 21.9. The third-order valence-corrected chi connectivity index (χ3v) is 5.56. The summed E-state index contributed by atoms with van der Waals surface area (Å²) in [5.41, 5.74) is 5.01. The maximum atomic E-state index is 12.3. The first-order valence-corrected chi connectivity index (χ1v) is 12.0.